The highest BCUT2D eigenvalue weighted by Crippen LogP contribution is 2.30. The van der Waals surface area contributed by atoms with Crippen LogP contribution in [0.4, 0.5) is 0 Å². The number of aliphatic hydroxyl groups is 1. The molecule has 1 aliphatic heterocycles. The summed E-state index contributed by atoms with van der Waals surface area (Å²) in [6.45, 7) is 4.51. The maximum atomic E-state index is 12.1. The second-order valence-corrected chi connectivity index (χ2v) is 7.39. The summed E-state index contributed by atoms with van der Waals surface area (Å²) in [6, 6.07) is 7.64. The van der Waals surface area contributed by atoms with Gasteiger partial charge in [-0.3, -0.25) is 4.79 Å². The van der Waals surface area contributed by atoms with Crippen molar-refractivity contribution >= 4 is 29.3 Å². The molecule has 0 aromatic heterocycles. The van der Waals surface area contributed by atoms with Crippen LogP contribution in [0.1, 0.15) is 25.8 Å². The quantitative estimate of drug-likeness (QED) is 0.898. The second-order valence-electron chi connectivity index (χ2n) is 5.88. The average molecular weight is 314 g/mol. The van der Waals surface area contributed by atoms with E-state index in [4.69, 9.17) is 11.6 Å². The van der Waals surface area contributed by atoms with Crippen LogP contribution in [-0.4, -0.2) is 34.7 Å². The van der Waals surface area contributed by atoms with Crippen molar-refractivity contribution in [3.05, 3.63) is 34.9 Å². The van der Waals surface area contributed by atoms with E-state index in [2.05, 4.69) is 5.32 Å². The molecule has 0 radical (unpaired) electrons. The summed E-state index contributed by atoms with van der Waals surface area (Å²) < 4.78 is 0. The van der Waals surface area contributed by atoms with Crippen LogP contribution >= 0.6 is 23.4 Å². The molecule has 1 atom stereocenters. The van der Waals surface area contributed by atoms with Crippen LogP contribution in [-0.2, 0) is 10.2 Å². The second kappa shape index (κ2) is 5.96. The third-order valence-corrected chi connectivity index (χ3v) is 5.22. The van der Waals surface area contributed by atoms with Gasteiger partial charge in [-0.05, 0) is 23.8 Å². The lowest BCUT2D eigenvalue weighted by atomic mass is 9.84. The van der Waals surface area contributed by atoms with E-state index < -0.39 is 5.60 Å². The lowest BCUT2D eigenvalue weighted by Gasteiger charge is -2.29. The first-order valence-corrected chi connectivity index (χ1v) is 8.22. The van der Waals surface area contributed by atoms with Crippen LogP contribution in [0, 0.1) is 0 Å². The van der Waals surface area contributed by atoms with E-state index in [0.717, 1.165) is 11.3 Å². The Hall–Kier alpha value is -0.710. The molecule has 2 N–H and O–H groups in total. The van der Waals surface area contributed by atoms with E-state index in [1.807, 2.05) is 38.1 Å². The minimum Gasteiger partial charge on any atom is -0.379 e. The van der Waals surface area contributed by atoms with Gasteiger partial charge in [-0.25, -0.2) is 0 Å². The summed E-state index contributed by atoms with van der Waals surface area (Å²) in [5.74, 6) is 1.03. The molecule has 1 amide bonds. The Balaban J connectivity index is 2.02. The highest BCUT2D eigenvalue weighted by atomic mass is 35.5. The smallest absolute Gasteiger partial charge is 0.252 e. The first-order chi connectivity index (χ1) is 9.35. The maximum absolute atomic E-state index is 12.1. The molecule has 1 aromatic rings. The third kappa shape index (κ3) is 3.30. The number of hydrogen-bond acceptors (Lipinski definition) is 3. The summed E-state index contributed by atoms with van der Waals surface area (Å²) in [6.07, 6.45) is 0.524. The molecule has 0 saturated carbocycles. The standard InChI is InChI=1S/C15H20ClNO2S/c1-14(2,11-5-3-4-6-12(11)16)9-17-13(18)15(19)7-8-20-10-15/h3-6,19H,7-10H2,1-2H3,(H,17,18). The molecule has 1 aromatic carbocycles. The molecule has 110 valence electrons. The molecule has 1 aliphatic rings. The zero-order valence-corrected chi connectivity index (χ0v) is 13.4. The molecule has 1 heterocycles. The Kier molecular flexibility index (Phi) is 4.67. The van der Waals surface area contributed by atoms with Gasteiger partial charge >= 0.3 is 0 Å². The van der Waals surface area contributed by atoms with Crippen molar-refractivity contribution in [1.29, 1.82) is 0 Å². The van der Waals surface area contributed by atoms with E-state index >= 15 is 0 Å². The van der Waals surface area contributed by atoms with Crippen LogP contribution in [0.25, 0.3) is 0 Å². The summed E-state index contributed by atoms with van der Waals surface area (Å²) in [5.41, 5.74) is -0.494. The van der Waals surface area contributed by atoms with Gasteiger partial charge in [0, 0.05) is 22.7 Å². The lowest BCUT2D eigenvalue weighted by molar-refractivity contribution is -0.137. The first-order valence-electron chi connectivity index (χ1n) is 6.69. The Morgan fingerprint density at radius 2 is 2.20 bits per heavy atom. The molecule has 3 nitrogen and oxygen atoms in total. The number of amides is 1. The van der Waals surface area contributed by atoms with Crippen LogP contribution in [0.5, 0.6) is 0 Å². The zero-order valence-electron chi connectivity index (χ0n) is 11.8. The number of hydrogen-bond donors (Lipinski definition) is 2. The van der Waals surface area contributed by atoms with Crippen LogP contribution < -0.4 is 5.32 Å². The van der Waals surface area contributed by atoms with Gasteiger partial charge in [0.25, 0.3) is 5.91 Å². The van der Waals surface area contributed by atoms with Crippen molar-refractivity contribution < 1.29 is 9.90 Å². The first kappa shape index (κ1) is 15.7. The molecular weight excluding hydrogens is 294 g/mol. The average Bonchev–Trinajstić information content (AvgIpc) is 2.84. The number of carbonyl (C=O) groups excluding carboxylic acids is 1. The lowest BCUT2D eigenvalue weighted by Crippen LogP contribution is -2.50. The Morgan fingerprint density at radius 1 is 1.50 bits per heavy atom. The van der Waals surface area contributed by atoms with Gasteiger partial charge in [-0.15, -0.1) is 0 Å². The van der Waals surface area contributed by atoms with Crippen molar-refractivity contribution in [2.45, 2.75) is 31.3 Å². The fourth-order valence-corrected chi connectivity index (χ4v) is 3.94. The van der Waals surface area contributed by atoms with Crippen LogP contribution in [0.3, 0.4) is 0 Å². The summed E-state index contributed by atoms with van der Waals surface area (Å²) in [4.78, 5) is 12.1. The predicted octanol–water partition coefficient (Wildman–Crippen LogP) is 2.60. The number of carbonyl (C=O) groups is 1. The fourth-order valence-electron chi connectivity index (χ4n) is 2.30. The molecule has 5 heteroatoms. The van der Waals surface area contributed by atoms with Gasteiger partial charge in [0.05, 0.1) is 0 Å². The van der Waals surface area contributed by atoms with Gasteiger partial charge in [0.1, 0.15) is 0 Å². The van der Waals surface area contributed by atoms with Crippen molar-refractivity contribution in [2.75, 3.05) is 18.1 Å². The predicted molar refractivity (Wildman–Crippen MR) is 84.4 cm³/mol. The van der Waals surface area contributed by atoms with Crippen molar-refractivity contribution in [3.63, 3.8) is 0 Å². The Labute approximate surface area is 129 Å². The summed E-state index contributed by atoms with van der Waals surface area (Å²) in [7, 11) is 0. The highest BCUT2D eigenvalue weighted by molar-refractivity contribution is 7.99. The van der Waals surface area contributed by atoms with Crippen molar-refractivity contribution in [2.24, 2.45) is 0 Å². The monoisotopic (exact) mass is 313 g/mol. The normalized spacial score (nSPS) is 22.8. The molecule has 0 aliphatic carbocycles. The molecule has 1 saturated heterocycles. The van der Waals surface area contributed by atoms with Gasteiger partial charge in [0.2, 0.25) is 0 Å². The van der Waals surface area contributed by atoms with Gasteiger partial charge in [-0.1, -0.05) is 43.6 Å². The third-order valence-electron chi connectivity index (χ3n) is 3.72. The number of rotatable bonds is 4. The molecule has 0 bridgehead atoms. The number of thioether (sulfide) groups is 1. The van der Waals surface area contributed by atoms with Crippen molar-refractivity contribution in [1.82, 2.24) is 5.32 Å². The molecule has 20 heavy (non-hydrogen) atoms. The van der Waals surface area contributed by atoms with Gasteiger partial charge in [0.15, 0.2) is 5.60 Å². The zero-order chi connectivity index (χ0) is 14.8. The number of halogens is 1. The van der Waals surface area contributed by atoms with E-state index in [9.17, 15) is 9.90 Å². The van der Waals surface area contributed by atoms with Crippen LogP contribution in [0.15, 0.2) is 24.3 Å². The van der Waals surface area contributed by atoms with Gasteiger partial charge in [-0.2, -0.15) is 11.8 Å². The molecular formula is C15H20ClNO2S. The highest BCUT2D eigenvalue weighted by Gasteiger charge is 2.40. The van der Waals surface area contributed by atoms with E-state index in [-0.39, 0.29) is 11.3 Å². The number of benzene rings is 1. The summed E-state index contributed by atoms with van der Waals surface area (Å²) >= 11 is 7.82. The minimum atomic E-state index is -1.21. The molecule has 1 unspecified atom stereocenters. The Bertz CT molecular complexity index is 498. The number of nitrogens with one attached hydrogen (secondary N) is 1. The SMILES string of the molecule is CC(C)(CNC(=O)C1(O)CCSC1)c1ccccc1Cl. The van der Waals surface area contributed by atoms with E-state index in [1.54, 1.807) is 11.8 Å². The Morgan fingerprint density at radius 3 is 2.80 bits per heavy atom. The van der Waals surface area contributed by atoms with Gasteiger partial charge < -0.3 is 10.4 Å². The largest absolute Gasteiger partial charge is 0.379 e. The topological polar surface area (TPSA) is 49.3 Å². The molecule has 0 spiro atoms. The van der Waals surface area contributed by atoms with Crippen LogP contribution in [0.2, 0.25) is 5.02 Å². The van der Waals surface area contributed by atoms with E-state index in [0.29, 0.717) is 23.7 Å². The summed E-state index contributed by atoms with van der Waals surface area (Å²) in [5, 5.41) is 13.8. The van der Waals surface area contributed by atoms with E-state index in [1.165, 1.54) is 0 Å². The van der Waals surface area contributed by atoms with Crippen molar-refractivity contribution in [3.8, 4) is 0 Å². The minimum absolute atomic E-state index is 0.275. The molecule has 1 fully saturated rings. The fraction of sp³-hybridized carbons (Fsp3) is 0.533. The molecule has 2 rings (SSSR count). The maximum Gasteiger partial charge on any atom is 0.252 e.